The Kier molecular flexibility index (Phi) is 4.69. The van der Waals surface area contributed by atoms with Gasteiger partial charge in [0.15, 0.2) is 0 Å². The van der Waals surface area contributed by atoms with Crippen LogP contribution in [0.1, 0.15) is 13.8 Å². The first-order valence-electron chi connectivity index (χ1n) is 4.42. The summed E-state index contributed by atoms with van der Waals surface area (Å²) in [6.07, 6.45) is 2.16. The maximum Gasteiger partial charge on any atom is 0.0487 e. The summed E-state index contributed by atoms with van der Waals surface area (Å²) in [5.41, 5.74) is 2.44. The lowest BCUT2D eigenvalue weighted by atomic mass is 10.3. The summed E-state index contributed by atoms with van der Waals surface area (Å²) in [6.45, 7) is 5.05. The fraction of sp³-hybridized carbons (Fsp3) is 0.273. The number of hydrogen-bond donors (Lipinski definition) is 1. The molecule has 1 rings (SSSR count). The molecule has 0 saturated carbocycles. The average molecular weight is 319 g/mol. The van der Waals surface area contributed by atoms with Gasteiger partial charge in [0.1, 0.15) is 0 Å². The second-order valence-corrected chi connectivity index (χ2v) is 5.06. The SMILES string of the molecule is CC(C)=CCNc1ccc(Br)cc1Br. The van der Waals surface area contributed by atoms with Crippen molar-refractivity contribution in [3.8, 4) is 0 Å². The van der Waals surface area contributed by atoms with E-state index in [0.29, 0.717) is 0 Å². The number of halogens is 2. The largest absolute Gasteiger partial charge is 0.381 e. The van der Waals surface area contributed by atoms with Crippen molar-refractivity contribution < 1.29 is 0 Å². The van der Waals surface area contributed by atoms with Crippen molar-refractivity contribution in [2.75, 3.05) is 11.9 Å². The first kappa shape index (κ1) is 11.8. The van der Waals surface area contributed by atoms with Crippen LogP contribution in [0.4, 0.5) is 5.69 Å². The van der Waals surface area contributed by atoms with E-state index < -0.39 is 0 Å². The minimum absolute atomic E-state index is 0.864. The molecule has 0 amide bonds. The third kappa shape index (κ3) is 3.84. The Bertz CT molecular complexity index is 341. The van der Waals surface area contributed by atoms with E-state index in [1.54, 1.807) is 0 Å². The van der Waals surface area contributed by atoms with E-state index in [2.05, 4.69) is 57.1 Å². The van der Waals surface area contributed by atoms with Gasteiger partial charge in [0, 0.05) is 21.2 Å². The Morgan fingerprint density at radius 2 is 2.07 bits per heavy atom. The van der Waals surface area contributed by atoms with Crippen molar-refractivity contribution in [2.45, 2.75) is 13.8 Å². The fourth-order valence-electron chi connectivity index (χ4n) is 0.998. The summed E-state index contributed by atoms with van der Waals surface area (Å²) < 4.78 is 2.16. The van der Waals surface area contributed by atoms with Crippen LogP contribution < -0.4 is 5.32 Å². The molecular formula is C11H13Br2N. The van der Waals surface area contributed by atoms with E-state index in [1.807, 2.05) is 18.2 Å². The molecule has 0 aliphatic carbocycles. The number of anilines is 1. The molecule has 14 heavy (non-hydrogen) atoms. The number of nitrogens with one attached hydrogen (secondary N) is 1. The van der Waals surface area contributed by atoms with E-state index in [1.165, 1.54) is 5.57 Å². The smallest absolute Gasteiger partial charge is 0.0487 e. The summed E-state index contributed by atoms with van der Waals surface area (Å²) >= 11 is 6.92. The highest BCUT2D eigenvalue weighted by Crippen LogP contribution is 2.25. The molecule has 0 atom stereocenters. The third-order valence-corrected chi connectivity index (χ3v) is 2.88. The van der Waals surface area contributed by atoms with Crippen molar-refractivity contribution in [1.82, 2.24) is 0 Å². The quantitative estimate of drug-likeness (QED) is 0.804. The van der Waals surface area contributed by atoms with Crippen molar-refractivity contribution in [1.29, 1.82) is 0 Å². The van der Waals surface area contributed by atoms with Crippen LogP contribution in [-0.4, -0.2) is 6.54 Å². The van der Waals surface area contributed by atoms with Crippen LogP contribution >= 0.6 is 31.9 Å². The molecule has 1 aromatic rings. The van der Waals surface area contributed by atoms with Crippen LogP contribution in [-0.2, 0) is 0 Å². The molecule has 76 valence electrons. The average Bonchev–Trinajstić information content (AvgIpc) is 2.08. The van der Waals surface area contributed by atoms with Gasteiger partial charge in [-0.1, -0.05) is 27.6 Å². The molecule has 0 aromatic heterocycles. The lowest BCUT2D eigenvalue weighted by Crippen LogP contribution is -1.99. The Morgan fingerprint density at radius 1 is 1.36 bits per heavy atom. The first-order valence-corrected chi connectivity index (χ1v) is 6.00. The van der Waals surface area contributed by atoms with Gasteiger partial charge in [-0.3, -0.25) is 0 Å². The normalized spacial score (nSPS) is 9.71. The van der Waals surface area contributed by atoms with Gasteiger partial charge in [-0.25, -0.2) is 0 Å². The monoisotopic (exact) mass is 317 g/mol. The molecule has 3 heteroatoms. The molecule has 0 spiro atoms. The van der Waals surface area contributed by atoms with Gasteiger partial charge in [-0.15, -0.1) is 0 Å². The summed E-state index contributed by atoms with van der Waals surface area (Å²) in [5, 5.41) is 3.33. The zero-order valence-corrected chi connectivity index (χ0v) is 11.4. The highest BCUT2D eigenvalue weighted by atomic mass is 79.9. The Morgan fingerprint density at radius 3 is 2.64 bits per heavy atom. The molecule has 1 aromatic carbocycles. The van der Waals surface area contributed by atoms with Gasteiger partial charge in [0.2, 0.25) is 0 Å². The van der Waals surface area contributed by atoms with Crippen LogP contribution in [0.5, 0.6) is 0 Å². The van der Waals surface area contributed by atoms with E-state index in [4.69, 9.17) is 0 Å². The lowest BCUT2D eigenvalue weighted by Gasteiger charge is -2.06. The molecule has 0 unspecified atom stereocenters. The predicted molar refractivity (Wildman–Crippen MR) is 69.8 cm³/mol. The highest BCUT2D eigenvalue weighted by molar-refractivity contribution is 9.11. The zero-order chi connectivity index (χ0) is 10.6. The summed E-state index contributed by atoms with van der Waals surface area (Å²) in [7, 11) is 0. The third-order valence-electron chi connectivity index (χ3n) is 1.73. The molecule has 0 radical (unpaired) electrons. The van der Waals surface area contributed by atoms with Crippen LogP contribution in [0.25, 0.3) is 0 Å². The molecule has 0 aliphatic rings. The van der Waals surface area contributed by atoms with E-state index in [0.717, 1.165) is 21.2 Å². The Balaban J connectivity index is 2.64. The maximum absolute atomic E-state index is 3.50. The number of rotatable bonds is 3. The van der Waals surface area contributed by atoms with Crippen molar-refractivity contribution in [3.05, 3.63) is 38.8 Å². The standard InChI is InChI=1S/C11H13Br2N/c1-8(2)5-6-14-11-4-3-9(12)7-10(11)13/h3-5,7,14H,6H2,1-2H3. The lowest BCUT2D eigenvalue weighted by molar-refractivity contribution is 1.26. The van der Waals surface area contributed by atoms with Crippen LogP contribution in [0, 0.1) is 0 Å². The van der Waals surface area contributed by atoms with Gasteiger partial charge in [-0.05, 0) is 48.0 Å². The molecule has 0 heterocycles. The van der Waals surface area contributed by atoms with Gasteiger partial charge in [-0.2, -0.15) is 0 Å². The van der Waals surface area contributed by atoms with Crippen LogP contribution in [0.2, 0.25) is 0 Å². The molecule has 0 fully saturated rings. The van der Waals surface area contributed by atoms with Gasteiger partial charge in [0.25, 0.3) is 0 Å². The number of hydrogen-bond acceptors (Lipinski definition) is 1. The second-order valence-electron chi connectivity index (χ2n) is 3.29. The topological polar surface area (TPSA) is 12.0 Å². The van der Waals surface area contributed by atoms with Crippen molar-refractivity contribution in [2.24, 2.45) is 0 Å². The molecule has 1 nitrogen and oxygen atoms in total. The van der Waals surface area contributed by atoms with Crippen molar-refractivity contribution in [3.63, 3.8) is 0 Å². The zero-order valence-electron chi connectivity index (χ0n) is 8.27. The van der Waals surface area contributed by atoms with E-state index in [9.17, 15) is 0 Å². The van der Waals surface area contributed by atoms with E-state index in [-0.39, 0.29) is 0 Å². The summed E-state index contributed by atoms with van der Waals surface area (Å²) in [6, 6.07) is 6.10. The van der Waals surface area contributed by atoms with Crippen molar-refractivity contribution >= 4 is 37.5 Å². The summed E-state index contributed by atoms with van der Waals surface area (Å²) in [4.78, 5) is 0. The predicted octanol–water partition coefficient (Wildman–Crippen LogP) is 4.59. The fourth-order valence-corrected chi connectivity index (χ4v) is 2.19. The van der Waals surface area contributed by atoms with Gasteiger partial charge >= 0.3 is 0 Å². The molecule has 0 aliphatic heterocycles. The molecule has 0 saturated heterocycles. The second kappa shape index (κ2) is 5.56. The Labute approximate surface area is 102 Å². The van der Waals surface area contributed by atoms with Crippen LogP contribution in [0.15, 0.2) is 38.8 Å². The minimum Gasteiger partial charge on any atom is -0.381 e. The maximum atomic E-state index is 3.50. The summed E-state index contributed by atoms with van der Waals surface area (Å²) in [5.74, 6) is 0. The van der Waals surface area contributed by atoms with Gasteiger partial charge in [0.05, 0.1) is 0 Å². The Hall–Kier alpha value is -0.280. The van der Waals surface area contributed by atoms with Crippen LogP contribution in [0.3, 0.4) is 0 Å². The number of benzene rings is 1. The molecule has 1 N–H and O–H groups in total. The van der Waals surface area contributed by atoms with E-state index >= 15 is 0 Å². The highest BCUT2D eigenvalue weighted by Gasteiger charge is 1.97. The first-order chi connectivity index (χ1) is 6.59. The molecular weight excluding hydrogens is 306 g/mol. The molecule has 0 bridgehead atoms. The van der Waals surface area contributed by atoms with Gasteiger partial charge < -0.3 is 5.32 Å². The number of allylic oxidation sites excluding steroid dienone is 1. The minimum atomic E-state index is 0.864.